The van der Waals surface area contributed by atoms with Crippen LogP contribution in [-0.4, -0.2) is 64.1 Å². The molecule has 7 heteroatoms. The maximum Gasteiger partial charge on any atom is 0.226 e. The molecule has 2 fully saturated rings. The van der Waals surface area contributed by atoms with Gasteiger partial charge >= 0.3 is 0 Å². The zero-order valence-electron chi connectivity index (χ0n) is 14.0. The normalized spacial score (nSPS) is 23.2. The van der Waals surface area contributed by atoms with Crippen molar-refractivity contribution in [2.45, 2.75) is 13.0 Å². The van der Waals surface area contributed by atoms with Crippen LogP contribution in [0.25, 0.3) is 0 Å². The first-order valence-corrected chi connectivity index (χ1v) is 10.1. The van der Waals surface area contributed by atoms with Gasteiger partial charge in [0.05, 0.1) is 30.6 Å². The van der Waals surface area contributed by atoms with Gasteiger partial charge in [0.15, 0.2) is 9.84 Å². The van der Waals surface area contributed by atoms with Crippen molar-refractivity contribution in [3.05, 3.63) is 29.8 Å². The van der Waals surface area contributed by atoms with Gasteiger partial charge < -0.3 is 14.5 Å². The van der Waals surface area contributed by atoms with Crippen LogP contribution >= 0.6 is 0 Å². The highest BCUT2D eigenvalue weighted by Gasteiger charge is 2.34. The summed E-state index contributed by atoms with van der Waals surface area (Å²) in [6.45, 7) is 3.80. The van der Waals surface area contributed by atoms with Crippen LogP contribution in [0.1, 0.15) is 12.0 Å². The van der Waals surface area contributed by atoms with Gasteiger partial charge in [-0.05, 0) is 24.1 Å². The highest BCUT2D eigenvalue weighted by atomic mass is 32.2. The van der Waals surface area contributed by atoms with Gasteiger partial charge in [0.1, 0.15) is 0 Å². The van der Waals surface area contributed by atoms with E-state index in [4.69, 9.17) is 4.74 Å². The van der Waals surface area contributed by atoms with Crippen LogP contribution in [0, 0.1) is 5.92 Å². The van der Waals surface area contributed by atoms with Gasteiger partial charge in [0.25, 0.3) is 0 Å². The fraction of sp³-hybridized carbons (Fsp3) is 0.588. The Bertz CT molecular complexity index is 681. The molecule has 0 aromatic heterocycles. The average molecular weight is 352 g/mol. The predicted molar refractivity (Wildman–Crippen MR) is 92.7 cm³/mol. The summed E-state index contributed by atoms with van der Waals surface area (Å²) in [4.78, 5) is 16.3. The molecule has 2 saturated heterocycles. The van der Waals surface area contributed by atoms with Crippen LogP contribution < -0.4 is 4.90 Å². The van der Waals surface area contributed by atoms with Crippen molar-refractivity contribution in [3.8, 4) is 0 Å². The van der Waals surface area contributed by atoms with Crippen LogP contribution in [0.15, 0.2) is 24.3 Å². The first-order chi connectivity index (χ1) is 11.4. The van der Waals surface area contributed by atoms with Gasteiger partial charge in [-0.3, -0.25) is 4.79 Å². The lowest BCUT2D eigenvalue weighted by Gasteiger charge is -2.29. The van der Waals surface area contributed by atoms with E-state index in [-0.39, 0.29) is 23.3 Å². The van der Waals surface area contributed by atoms with E-state index < -0.39 is 9.84 Å². The van der Waals surface area contributed by atoms with Crippen LogP contribution in [0.5, 0.6) is 0 Å². The number of carbonyl (C=O) groups excluding carboxylic acids is 1. The van der Waals surface area contributed by atoms with E-state index in [9.17, 15) is 13.2 Å². The summed E-state index contributed by atoms with van der Waals surface area (Å²) >= 11 is 0. The number of carbonyl (C=O) groups is 1. The van der Waals surface area contributed by atoms with E-state index in [0.29, 0.717) is 13.0 Å². The highest BCUT2D eigenvalue weighted by molar-refractivity contribution is 7.91. The number of sulfone groups is 1. The fourth-order valence-electron chi connectivity index (χ4n) is 3.29. The van der Waals surface area contributed by atoms with E-state index in [1.807, 2.05) is 12.1 Å². The standard InChI is InChI=1S/C17H24N2O4S/c1-18(17(20)15-6-11-24(21,22)13-15)12-14-2-4-16(5-3-14)19-7-9-23-10-8-19/h2-5,15H,6-13H2,1H3. The minimum atomic E-state index is -3.03. The quantitative estimate of drug-likeness (QED) is 0.806. The van der Waals surface area contributed by atoms with E-state index in [1.54, 1.807) is 11.9 Å². The number of hydrogen-bond acceptors (Lipinski definition) is 5. The van der Waals surface area contributed by atoms with Gasteiger partial charge in [0.2, 0.25) is 5.91 Å². The first-order valence-electron chi connectivity index (χ1n) is 8.32. The summed E-state index contributed by atoms with van der Waals surface area (Å²) in [7, 11) is -1.29. The van der Waals surface area contributed by atoms with Crippen LogP contribution in [0.4, 0.5) is 5.69 Å². The Morgan fingerprint density at radius 3 is 2.50 bits per heavy atom. The third-order valence-corrected chi connectivity index (χ3v) is 6.46. The summed E-state index contributed by atoms with van der Waals surface area (Å²) < 4.78 is 28.4. The van der Waals surface area contributed by atoms with Gasteiger partial charge in [-0.1, -0.05) is 12.1 Å². The number of hydrogen-bond donors (Lipinski definition) is 0. The summed E-state index contributed by atoms with van der Waals surface area (Å²) in [6, 6.07) is 8.19. The van der Waals surface area contributed by atoms with E-state index in [2.05, 4.69) is 17.0 Å². The van der Waals surface area contributed by atoms with Crippen molar-refractivity contribution in [1.29, 1.82) is 0 Å². The predicted octanol–water partition coefficient (Wildman–Crippen LogP) is 0.916. The average Bonchev–Trinajstić information content (AvgIpc) is 2.95. The molecule has 2 heterocycles. The molecular formula is C17H24N2O4S. The van der Waals surface area contributed by atoms with E-state index >= 15 is 0 Å². The number of ether oxygens (including phenoxy) is 1. The molecule has 1 amide bonds. The van der Waals surface area contributed by atoms with Crippen molar-refractivity contribution in [2.24, 2.45) is 5.92 Å². The molecule has 6 nitrogen and oxygen atoms in total. The van der Waals surface area contributed by atoms with Gasteiger partial charge in [-0.25, -0.2) is 8.42 Å². The Kier molecular flexibility index (Phi) is 5.10. The molecule has 2 aliphatic rings. The lowest BCUT2D eigenvalue weighted by Crippen LogP contribution is -2.36. The van der Waals surface area contributed by atoms with Crippen LogP contribution in [-0.2, 0) is 25.9 Å². The maximum atomic E-state index is 12.4. The molecule has 0 N–H and O–H groups in total. The van der Waals surface area contributed by atoms with Crippen molar-refractivity contribution >= 4 is 21.4 Å². The highest BCUT2D eigenvalue weighted by Crippen LogP contribution is 2.22. The molecule has 3 rings (SSSR count). The fourth-order valence-corrected chi connectivity index (χ4v) is 5.02. The van der Waals surface area contributed by atoms with E-state index in [0.717, 1.165) is 37.6 Å². The number of benzene rings is 1. The second-order valence-electron chi connectivity index (χ2n) is 6.56. The molecule has 0 aliphatic carbocycles. The number of amides is 1. The smallest absolute Gasteiger partial charge is 0.226 e. The zero-order valence-corrected chi connectivity index (χ0v) is 14.8. The molecule has 132 valence electrons. The molecular weight excluding hydrogens is 328 g/mol. The Morgan fingerprint density at radius 2 is 1.92 bits per heavy atom. The molecule has 24 heavy (non-hydrogen) atoms. The third kappa shape index (κ3) is 4.08. The van der Waals surface area contributed by atoms with Crippen LogP contribution in [0.2, 0.25) is 0 Å². The minimum Gasteiger partial charge on any atom is -0.378 e. The van der Waals surface area contributed by atoms with Gasteiger partial charge in [0, 0.05) is 32.4 Å². The molecule has 1 atom stereocenters. The second-order valence-corrected chi connectivity index (χ2v) is 8.79. The molecule has 1 unspecified atom stereocenters. The van der Waals surface area contributed by atoms with Crippen molar-refractivity contribution < 1.29 is 17.9 Å². The van der Waals surface area contributed by atoms with E-state index in [1.165, 1.54) is 0 Å². The Morgan fingerprint density at radius 1 is 1.25 bits per heavy atom. The summed E-state index contributed by atoms with van der Waals surface area (Å²) in [5, 5.41) is 0. The topological polar surface area (TPSA) is 66.9 Å². The van der Waals surface area contributed by atoms with Gasteiger partial charge in [-0.15, -0.1) is 0 Å². The van der Waals surface area contributed by atoms with Crippen molar-refractivity contribution in [2.75, 3.05) is 49.8 Å². The van der Waals surface area contributed by atoms with Gasteiger partial charge in [-0.2, -0.15) is 0 Å². The number of nitrogens with zero attached hydrogens (tertiary/aromatic N) is 2. The lowest BCUT2D eigenvalue weighted by molar-refractivity contribution is -0.133. The molecule has 2 aliphatic heterocycles. The molecule has 0 saturated carbocycles. The molecule has 0 spiro atoms. The van der Waals surface area contributed by atoms with Crippen LogP contribution in [0.3, 0.4) is 0 Å². The number of anilines is 1. The SMILES string of the molecule is CN(Cc1ccc(N2CCOCC2)cc1)C(=O)C1CCS(=O)(=O)C1. The molecule has 0 radical (unpaired) electrons. The number of rotatable bonds is 4. The second kappa shape index (κ2) is 7.11. The third-order valence-electron chi connectivity index (χ3n) is 4.69. The Balaban J connectivity index is 1.58. The lowest BCUT2D eigenvalue weighted by atomic mass is 10.1. The maximum absolute atomic E-state index is 12.4. The molecule has 1 aromatic rings. The largest absolute Gasteiger partial charge is 0.378 e. The Hall–Kier alpha value is -1.60. The summed E-state index contributed by atoms with van der Waals surface area (Å²) in [5.74, 6) is -0.335. The molecule has 0 bridgehead atoms. The monoisotopic (exact) mass is 352 g/mol. The summed E-state index contributed by atoms with van der Waals surface area (Å²) in [5.41, 5.74) is 2.21. The zero-order chi connectivity index (χ0) is 17.2. The van der Waals surface area contributed by atoms with Crippen molar-refractivity contribution in [3.63, 3.8) is 0 Å². The summed E-state index contributed by atoms with van der Waals surface area (Å²) in [6.07, 6.45) is 0.446. The minimum absolute atomic E-state index is 0.00780. The van der Waals surface area contributed by atoms with Crippen molar-refractivity contribution in [1.82, 2.24) is 4.90 Å². The first kappa shape index (κ1) is 17.2. The number of morpholine rings is 1. The molecule has 1 aromatic carbocycles. The Labute approximate surface area is 143 Å².